The number of nitrogen functional groups attached to an aromatic ring is 1. The zero-order valence-electron chi connectivity index (χ0n) is 11.1. The number of ether oxygens (including phenoxy) is 2. The molecule has 0 saturated carbocycles. The minimum Gasteiger partial charge on any atom is -0.490 e. The Bertz CT molecular complexity index is 628. The van der Waals surface area contributed by atoms with Gasteiger partial charge in [-0.2, -0.15) is 0 Å². The molecule has 2 aromatic carbocycles. The summed E-state index contributed by atoms with van der Waals surface area (Å²) >= 11 is 3.35. The highest BCUT2D eigenvalue weighted by atomic mass is 79.9. The first-order valence-corrected chi connectivity index (χ1v) is 6.99. The fourth-order valence-electron chi connectivity index (χ4n) is 1.68. The molecule has 0 amide bonds. The molecule has 21 heavy (non-hydrogen) atoms. The molecule has 0 aliphatic rings. The molecule has 6 heteroatoms. The third kappa shape index (κ3) is 4.39. The maximum atomic E-state index is 10.8. The first-order valence-electron chi connectivity index (χ1n) is 6.20. The first-order chi connectivity index (χ1) is 10.1. The summed E-state index contributed by atoms with van der Waals surface area (Å²) in [6.45, 7) is 0.712. The Balaban J connectivity index is 1.82. The van der Waals surface area contributed by atoms with E-state index in [0.717, 1.165) is 10.2 Å². The second-order valence-corrected chi connectivity index (χ2v) is 5.12. The maximum absolute atomic E-state index is 10.8. The molecule has 0 aliphatic carbocycles. The summed E-state index contributed by atoms with van der Waals surface area (Å²) in [4.78, 5) is 10.8. The van der Waals surface area contributed by atoms with E-state index >= 15 is 0 Å². The van der Waals surface area contributed by atoms with Crippen molar-refractivity contribution in [1.82, 2.24) is 0 Å². The van der Waals surface area contributed by atoms with E-state index in [-0.39, 0.29) is 11.3 Å². The van der Waals surface area contributed by atoms with Gasteiger partial charge in [-0.15, -0.1) is 0 Å². The van der Waals surface area contributed by atoms with E-state index in [1.54, 1.807) is 6.07 Å². The van der Waals surface area contributed by atoms with Crippen molar-refractivity contribution in [3.05, 3.63) is 52.5 Å². The topological polar surface area (TPSA) is 81.8 Å². The average Bonchev–Trinajstić information content (AvgIpc) is 2.45. The van der Waals surface area contributed by atoms with Gasteiger partial charge in [0.25, 0.3) is 0 Å². The third-order valence-electron chi connectivity index (χ3n) is 2.69. The number of carbonyl (C=O) groups is 1. The lowest BCUT2D eigenvalue weighted by Crippen LogP contribution is -2.09. The summed E-state index contributed by atoms with van der Waals surface area (Å²) in [6, 6.07) is 12.0. The van der Waals surface area contributed by atoms with Crippen molar-refractivity contribution in [2.45, 2.75) is 0 Å². The Morgan fingerprint density at radius 1 is 1.05 bits per heavy atom. The van der Waals surface area contributed by atoms with E-state index in [1.165, 1.54) is 12.1 Å². The highest BCUT2D eigenvalue weighted by Gasteiger charge is 2.08. The fraction of sp³-hybridized carbons (Fsp3) is 0.133. The zero-order chi connectivity index (χ0) is 15.2. The molecule has 5 nitrogen and oxygen atoms in total. The number of benzene rings is 2. The molecule has 0 aliphatic heterocycles. The van der Waals surface area contributed by atoms with Crippen LogP contribution in [0.4, 0.5) is 5.69 Å². The number of carboxylic acid groups (broad SMARTS) is 1. The molecule has 0 heterocycles. The standard InChI is InChI=1S/C15H14BrNO4/c16-10-1-3-11(4-2-10)20-7-8-21-12-5-6-13(15(18)19)14(17)9-12/h1-6,9H,7-8,17H2,(H,18,19). The fourth-order valence-corrected chi connectivity index (χ4v) is 1.94. The van der Waals surface area contributed by atoms with Crippen LogP contribution in [0.1, 0.15) is 10.4 Å². The molecule has 3 N–H and O–H groups in total. The molecule has 0 bridgehead atoms. The second kappa shape index (κ2) is 6.99. The van der Waals surface area contributed by atoms with Gasteiger partial charge >= 0.3 is 5.97 Å². The van der Waals surface area contributed by atoms with Crippen molar-refractivity contribution in [2.24, 2.45) is 0 Å². The van der Waals surface area contributed by atoms with Crippen molar-refractivity contribution in [2.75, 3.05) is 18.9 Å². The van der Waals surface area contributed by atoms with Crippen LogP contribution >= 0.6 is 15.9 Å². The average molecular weight is 352 g/mol. The molecule has 0 unspecified atom stereocenters. The summed E-state index contributed by atoms with van der Waals surface area (Å²) < 4.78 is 11.9. The Morgan fingerprint density at radius 3 is 2.19 bits per heavy atom. The molecule has 2 rings (SSSR count). The number of aromatic carboxylic acids is 1. The van der Waals surface area contributed by atoms with E-state index in [1.807, 2.05) is 24.3 Å². The van der Waals surface area contributed by atoms with E-state index in [2.05, 4.69) is 15.9 Å². The summed E-state index contributed by atoms with van der Waals surface area (Å²) in [7, 11) is 0. The monoisotopic (exact) mass is 351 g/mol. The minimum atomic E-state index is -1.06. The van der Waals surface area contributed by atoms with Crippen molar-refractivity contribution >= 4 is 27.6 Å². The van der Waals surface area contributed by atoms with E-state index in [0.29, 0.717) is 19.0 Å². The van der Waals surface area contributed by atoms with Crippen LogP contribution in [-0.2, 0) is 0 Å². The highest BCUT2D eigenvalue weighted by Crippen LogP contribution is 2.20. The SMILES string of the molecule is Nc1cc(OCCOc2ccc(Br)cc2)ccc1C(=O)O. The lowest BCUT2D eigenvalue weighted by Gasteiger charge is -2.09. The van der Waals surface area contributed by atoms with Gasteiger partial charge in [-0.3, -0.25) is 0 Å². The van der Waals surface area contributed by atoms with Gasteiger partial charge < -0.3 is 20.3 Å². The van der Waals surface area contributed by atoms with Crippen LogP contribution < -0.4 is 15.2 Å². The number of hydrogen-bond donors (Lipinski definition) is 2. The predicted molar refractivity (Wildman–Crippen MR) is 82.9 cm³/mol. The number of carboxylic acids is 1. The Kier molecular flexibility index (Phi) is 5.05. The molecule has 0 aromatic heterocycles. The lowest BCUT2D eigenvalue weighted by molar-refractivity contribution is 0.0698. The molecular formula is C15H14BrNO4. The van der Waals surface area contributed by atoms with Crippen LogP contribution in [0.25, 0.3) is 0 Å². The number of rotatable bonds is 6. The van der Waals surface area contributed by atoms with Crippen LogP contribution in [0.15, 0.2) is 46.9 Å². The molecule has 0 radical (unpaired) electrons. The van der Waals surface area contributed by atoms with Gasteiger partial charge in [-0.1, -0.05) is 15.9 Å². The highest BCUT2D eigenvalue weighted by molar-refractivity contribution is 9.10. The summed E-state index contributed by atoms with van der Waals surface area (Å²) in [5.74, 6) is 0.206. The van der Waals surface area contributed by atoms with Gasteiger partial charge in [-0.05, 0) is 36.4 Å². The quantitative estimate of drug-likeness (QED) is 0.616. The van der Waals surface area contributed by atoms with Gasteiger partial charge in [0.2, 0.25) is 0 Å². The van der Waals surface area contributed by atoms with E-state index < -0.39 is 5.97 Å². The van der Waals surface area contributed by atoms with Gasteiger partial charge in [-0.25, -0.2) is 4.79 Å². The van der Waals surface area contributed by atoms with Gasteiger partial charge in [0.05, 0.1) is 5.56 Å². The molecule has 110 valence electrons. The number of anilines is 1. The molecule has 0 spiro atoms. The second-order valence-electron chi connectivity index (χ2n) is 4.21. The number of nitrogens with two attached hydrogens (primary N) is 1. The largest absolute Gasteiger partial charge is 0.490 e. The molecule has 2 aromatic rings. The van der Waals surface area contributed by atoms with Crippen molar-refractivity contribution in [1.29, 1.82) is 0 Å². The molecular weight excluding hydrogens is 338 g/mol. The van der Waals surface area contributed by atoms with Crippen LogP contribution in [0, 0.1) is 0 Å². The Morgan fingerprint density at radius 2 is 1.62 bits per heavy atom. The van der Waals surface area contributed by atoms with Crippen LogP contribution in [-0.4, -0.2) is 24.3 Å². The summed E-state index contributed by atoms with van der Waals surface area (Å²) in [5.41, 5.74) is 5.87. The maximum Gasteiger partial charge on any atom is 0.337 e. The summed E-state index contributed by atoms with van der Waals surface area (Å²) in [5, 5.41) is 8.87. The first kappa shape index (κ1) is 15.2. The van der Waals surface area contributed by atoms with Gasteiger partial charge in [0.15, 0.2) is 0 Å². The smallest absolute Gasteiger partial charge is 0.337 e. The van der Waals surface area contributed by atoms with Crippen LogP contribution in [0.2, 0.25) is 0 Å². The number of halogens is 1. The third-order valence-corrected chi connectivity index (χ3v) is 3.22. The zero-order valence-corrected chi connectivity index (χ0v) is 12.7. The van der Waals surface area contributed by atoms with Crippen LogP contribution in [0.5, 0.6) is 11.5 Å². The Labute approximate surface area is 130 Å². The molecule has 0 saturated heterocycles. The minimum absolute atomic E-state index is 0.0634. The molecule has 0 fully saturated rings. The van der Waals surface area contributed by atoms with Gasteiger partial charge in [0, 0.05) is 16.2 Å². The van der Waals surface area contributed by atoms with Gasteiger partial charge in [0.1, 0.15) is 24.7 Å². The van der Waals surface area contributed by atoms with E-state index in [4.69, 9.17) is 20.3 Å². The number of hydrogen-bond acceptors (Lipinski definition) is 4. The van der Waals surface area contributed by atoms with Crippen molar-refractivity contribution in [3.8, 4) is 11.5 Å². The lowest BCUT2D eigenvalue weighted by atomic mass is 10.2. The summed E-state index contributed by atoms with van der Waals surface area (Å²) in [6.07, 6.45) is 0. The molecule has 0 atom stereocenters. The van der Waals surface area contributed by atoms with Crippen molar-refractivity contribution in [3.63, 3.8) is 0 Å². The van der Waals surface area contributed by atoms with E-state index in [9.17, 15) is 4.79 Å². The normalized spacial score (nSPS) is 10.1. The Hall–Kier alpha value is -2.21. The van der Waals surface area contributed by atoms with Crippen molar-refractivity contribution < 1.29 is 19.4 Å². The van der Waals surface area contributed by atoms with Crippen LogP contribution in [0.3, 0.4) is 0 Å². The predicted octanol–water partition coefficient (Wildman–Crippen LogP) is 3.19.